The molecule has 0 saturated carbocycles. The Balaban J connectivity index is 3.08. The minimum atomic E-state index is -0.323. The van der Waals surface area contributed by atoms with E-state index in [9.17, 15) is 4.79 Å². The number of ether oxygens (including phenoxy) is 1. The van der Waals surface area contributed by atoms with Gasteiger partial charge in [0.1, 0.15) is 12.6 Å². The summed E-state index contributed by atoms with van der Waals surface area (Å²) in [5.41, 5.74) is 1.26. The summed E-state index contributed by atoms with van der Waals surface area (Å²) >= 11 is 3.32. The molecule has 0 aliphatic heterocycles. The van der Waals surface area contributed by atoms with E-state index in [1.165, 1.54) is 7.11 Å². The van der Waals surface area contributed by atoms with Gasteiger partial charge in [0, 0.05) is 11.0 Å². The van der Waals surface area contributed by atoms with Gasteiger partial charge in [-0.25, -0.2) is 0 Å². The molecule has 0 amide bonds. The molecule has 1 rings (SSSR count). The van der Waals surface area contributed by atoms with E-state index in [0.717, 1.165) is 10.2 Å². The molecule has 5 heteroatoms. The molecule has 0 bridgehead atoms. The highest BCUT2D eigenvalue weighted by Gasteiger charge is 2.15. The lowest BCUT2D eigenvalue weighted by Gasteiger charge is -2.23. The SMILES string of the molecule is CCN(CC(=O)OC)c1cccc(Br)c1C#N. The van der Waals surface area contributed by atoms with Crippen molar-refractivity contribution >= 4 is 27.6 Å². The van der Waals surface area contributed by atoms with Crippen molar-refractivity contribution < 1.29 is 9.53 Å². The first-order valence-corrected chi connectivity index (χ1v) is 5.93. The van der Waals surface area contributed by atoms with Gasteiger partial charge >= 0.3 is 5.97 Å². The molecule has 0 unspecified atom stereocenters. The molecule has 0 N–H and O–H groups in total. The van der Waals surface area contributed by atoms with Crippen molar-refractivity contribution in [2.75, 3.05) is 25.1 Å². The number of carbonyl (C=O) groups excluding carboxylic acids is 1. The molecule has 1 aromatic carbocycles. The fourth-order valence-corrected chi connectivity index (χ4v) is 1.92. The fraction of sp³-hybridized carbons (Fsp3) is 0.333. The van der Waals surface area contributed by atoms with E-state index < -0.39 is 0 Å². The molecule has 0 saturated heterocycles. The second-order valence-corrected chi connectivity index (χ2v) is 4.19. The second-order valence-electron chi connectivity index (χ2n) is 3.34. The van der Waals surface area contributed by atoms with Crippen LogP contribution in [-0.4, -0.2) is 26.2 Å². The summed E-state index contributed by atoms with van der Waals surface area (Å²) in [6.07, 6.45) is 0. The van der Waals surface area contributed by atoms with Crippen molar-refractivity contribution in [2.45, 2.75) is 6.92 Å². The third kappa shape index (κ3) is 3.21. The fourth-order valence-electron chi connectivity index (χ4n) is 1.47. The largest absolute Gasteiger partial charge is 0.468 e. The van der Waals surface area contributed by atoms with Gasteiger partial charge in [-0.15, -0.1) is 0 Å². The van der Waals surface area contributed by atoms with E-state index in [-0.39, 0.29) is 12.5 Å². The van der Waals surface area contributed by atoms with E-state index in [4.69, 9.17) is 5.26 Å². The third-order valence-electron chi connectivity index (χ3n) is 2.37. The van der Waals surface area contributed by atoms with Crippen LogP contribution in [0.25, 0.3) is 0 Å². The summed E-state index contributed by atoms with van der Waals surface area (Å²) in [4.78, 5) is 13.1. The summed E-state index contributed by atoms with van der Waals surface area (Å²) in [7, 11) is 1.35. The monoisotopic (exact) mass is 296 g/mol. The van der Waals surface area contributed by atoms with Crippen LogP contribution >= 0.6 is 15.9 Å². The highest BCUT2D eigenvalue weighted by atomic mass is 79.9. The Hall–Kier alpha value is -1.54. The lowest BCUT2D eigenvalue weighted by atomic mass is 10.1. The number of halogens is 1. The maximum atomic E-state index is 11.3. The van der Waals surface area contributed by atoms with E-state index >= 15 is 0 Å². The maximum Gasteiger partial charge on any atom is 0.325 e. The van der Waals surface area contributed by atoms with Crippen LogP contribution in [-0.2, 0) is 9.53 Å². The molecule has 0 fully saturated rings. The Morgan fingerprint density at radius 3 is 2.82 bits per heavy atom. The van der Waals surface area contributed by atoms with Crippen molar-refractivity contribution in [3.05, 3.63) is 28.2 Å². The molecule has 0 atom stereocenters. The van der Waals surface area contributed by atoms with Crippen LogP contribution in [0.1, 0.15) is 12.5 Å². The van der Waals surface area contributed by atoms with Crippen LogP contribution in [0.2, 0.25) is 0 Å². The standard InChI is InChI=1S/C12H13BrN2O2/c1-3-15(8-12(16)17-2)11-6-4-5-10(13)9(11)7-14/h4-6H,3,8H2,1-2H3. The number of carbonyl (C=O) groups is 1. The smallest absolute Gasteiger partial charge is 0.325 e. The van der Waals surface area contributed by atoms with Crippen molar-refractivity contribution in [1.29, 1.82) is 5.26 Å². The lowest BCUT2D eigenvalue weighted by molar-refractivity contribution is -0.138. The van der Waals surface area contributed by atoms with Crippen LogP contribution in [0.4, 0.5) is 5.69 Å². The molecule has 0 aliphatic carbocycles. The van der Waals surface area contributed by atoms with E-state index in [2.05, 4.69) is 26.7 Å². The number of hydrogen-bond acceptors (Lipinski definition) is 4. The number of likely N-dealkylation sites (N-methyl/N-ethyl adjacent to an activating group) is 1. The summed E-state index contributed by atoms with van der Waals surface area (Å²) in [5, 5.41) is 9.11. The van der Waals surface area contributed by atoms with Crippen LogP contribution < -0.4 is 4.90 Å². The highest BCUT2D eigenvalue weighted by molar-refractivity contribution is 9.10. The molecule has 90 valence electrons. The second kappa shape index (κ2) is 6.26. The molecular formula is C12H13BrN2O2. The summed E-state index contributed by atoms with van der Waals surface area (Å²) in [5.74, 6) is -0.323. The normalized spacial score (nSPS) is 9.53. The first kappa shape index (κ1) is 13.5. The van der Waals surface area contributed by atoms with Gasteiger partial charge in [0.05, 0.1) is 18.4 Å². The van der Waals surface area contributed by atoms with Gasteiger partial charge in [0.2, 0.25) is 0 Å². The van der Waals surface area contributed by atoms with Crippen molar-refractivity contribution in [3.8, 4) is 6.07 Å². The summed E-state index contributed by atoms with van der Waals surface area (Å²) < 4.78 is 5.36. The van der Waals surface area contributed by atoms with E-state index in [0.29, 0.717) is 12.1 Å². The average Bonchev–Trinajstić information content (AvgIpc) is 2.35. The molecule has 0 heterocycles. The van der Waals surface area contributed by atoms with Gasteiger partial charge in [-0.1, -0.05) is 6.07 Å². The zero-order valence-electron chi connectivity index (χ0n) is 9.74. The number of nitriles is 1. The number of benzene rings is 1. The van der Waals surface area contributed by atoms with Gasteiger partial charge in [0.25, 0.3) is 0 Å². The van der Waals surface area contributed by atoms with Crippen LogP contribution in [0.3, 0.4) is 0 Å². The predicted octanol–water partition coefficient (Wildman–Crippen LogP) is 2.32. The van der Waals surface area contributed by atoms with Crippen LogP contribution in [0, 0.1) is 11.3 Å². The van der Waals surface area contributed by atoms with Crippen molar-refractivity contribution in [2.24, 2.45) is 0 Å². The first-order valence-electron chi connectivity index (χ1n) is 5.14. The van der Waals surface area contributed by atoms with Crippen LogP contribution in [0.5, 0.6) is 0 Å². The van der Waals surface area contributed by atoms with Crippen molar-refractivity contribution in [1.82, 2.24) is 0 Å². The van der Waals surface area contributed by atoms with Gasteiger partial charge < -0.3 is 9.64 Å². The number of anilines is 1. The van der Waals surface area contributed by atoms with Crippen molar-refractivity contribution in [3.63, 3.8) is 0 Å². The Morgan fingerprint density at radius 1 is 1.59 bits per heavy atom. The highest BCUT2D eigenvalue weighted by Crippen LogP contribution is 2.26. The number of esters is 1. The third-order valence-corrected chi connectivity index (χ3v) is 3.03. The van der Waals surface area contributed by atoms with E-state index in [1.54, 1.807) is 11.0 Å². The lowest BCUT2D eigenvalue weighted by Crippen LogP contribution is -2.30. The first-order chi connectivity index (χ1) is 8.13. The summed E-state index contributed by atoms with van der Waals surface area (Å²) in [6, 6.07) is 7.58. The van der Waals surface area contributed by atoms with Gasteiger partial charge in [-0.2, -0.15) is 5.26 Å². The minimum absolute atomic E-state index is 0.137. The van der Waals surface area contributed by atoms with Gasteiger partial charge in [0.15, 0.2) is 0 Å². The number of nitrogens with zero attached hydrogens (tertiary/aromatic N) is 2. The van der Waals surface area contributed by atoms with Crippen LogP contribution in [0.15, 0.2) is 22.7 Å². The average molecular weight is 297 g/mol. The topological polar surface area (TPSA) is 53.3 Å². The Morgan fingerprint density at radius 2 is 2.29 bits per heavy atom. The molecule has 0 radical (unpaired) electrons. The molecule has 4 nitrogen and oxygen atoms in total. The zero-order chi connectivity index (χ0) is 12.8. The predicted molar refractivity (Wildman–Crippen MR) is 68.8 cm³/mol. The molecule has 0 aromatic heterocycles. The Bertz CT molecular complexity index is 454. The zero-order valence-corrected chi connectivity index (χ0v) is 11.3. The maximum absolute atomic E-state index is 11.3. The Kier molecular flexibility index (Phi) is 4.98. The number of rotatable bonds is 4. The van der Waals surface area contributed by atoms with E-state index in [1.807, 2.05) is 19.1 Å². The van der Waals surface area contributed by atoms with Gasteiger partial charge in [-0.3, -0.25) is 4.79 Å². The number of methoxy groups -OCH3 is 1. The molecule has 0 spiro atoms. The molecule has 1 aromatic rings. The minimum Gasteiger partial charge on any atom is -0.468 e. The number of hydrogen-bond donors (Lipinski definition) is 0. The molecule has 17 heavy (non-hydrogen) atoms. The quantitative estimate of drug-likeness (QED) is 0.800. The van der Waals surface area contributed by atoms with Gasteiger partial charge in [-0.05, 0) is 35.0 Å². The molecule has 0 aliphatic rings. The summed E-state index contributed by atoms with van der Waals surface area (Å²) in [6.45, 7) is 2.68. The molecular weight excluding hydrogens is 284 g/mol. The Labute approximate surface area is 109 Å².